The number of imidazole rings is 1. The molecule has 3 fully saturated rings. The number of H-pyrrole nitrogens is 1. The first kappa shape index (κ1) is 44.8. The molecule has 8 rings (SSSR count). The number of aliphatic carboxylic acids is 2. The third-order valence-corrected chi connectivity index (χ3v) is 12.6. The normalized spacial score (nSPS) is 25.5. The number of anilines is 3. The van der Waals surface area contributed by atoms with Crippen molar-refractivity contribution in [3.8, 4) is 0 Å². The number of phosphoric acid groups is 1. The van der Waals surface area contributed by atoms with Crippen molar-refractivity contribution in [1.82, 2.24) is 50.1 Å². The van der Waals surface area contributed by atoms with E-state index in [-0.39, 0.29) is 65.5 Å². The smallest absolute Gasteiger partial charge is 0.472 e. The van der Waals surface area contributed by atoms with Gasteiger partial charge in [-0.25, -0.2) is 29.1 Å². The molecule has 27 nitrogen and oxygen atoms in total. The second-order valence-electron chi connectivity index (χ2n) is 15.8. The quantitative estimate of drug-likeness (QED) is 0.0353. The molecular weight excluding hydrogens is 888 g/mol. The van der Waals surface area contributed by atoms with Gasteiger partial charge in [0.15, 0.2) is 40.4 Å². The number of nitrogens with one attached hydrogen (secondary N) is 4. The molecule has 5 heterocycles. The van der Waals surface area contributed by atoms with Crippen LogP contribution < -0.4 is 33.0 Å². The molecule has 6 unspecified atom stereocenters. The molecular formula is C36H39FN13O14P. The number of hydrogen-bond acceptors (Lipinski definition) is 20. The van der Waals surface area contributed by atoms with Crippen LogP contribution in [-0.2, 0) is 39.3 Å². The summed E-state index contributed by atoms with van der Waals surface area (Å²) in [6.45, 7) is 0.342. The number of rotatable bonds is 18. The number of phosphoric ester groups is 1. The SMILES string of the molecule is CC(OP(=O)(O)OC[C@H]1O[C@@H](n2cnc3c(N)nc(F)nc32)C(O)C1O)C(NC(=O)C12CC1(CC(NC(=O)c1ccc(NCc3cnc4nc(N)[nH]c(=O)c4n3)cc1)C(=O)O)C2)C(=O)O. The number of aromatic amines is 1. The zero-order valence-corrected chi connectivity index (χ0v) is 34.5. The van der Waals surface area contributed by atoms with Gasteiger partial charge in [0, 0.05) is 11.3 Å². The Morgan fingerprint density at radius 2 is 1.75 bits per heavy atom. The lowest BCUT2D eigenvalue weighted by Crippen LogP contribution is -2.49. The largest absolute Gasteiger partial charge is 0.480 e. The minimum absolute atomic E-state index is 0.00111. The van der Waals surface area contributed by atoms with E-state index in [0.29, 0.717) is 11.4 Å². The number of nitrogens with zero attached hydrogens (tertiary/aromatic N) is 7. The predicted molar refractivity (Wildman–Crippen MR) is 215 cm³/mol. The summed E-state index contributed by atoms with van der Waals surface area (Å²) < 4.78 is 43.5. The molecule has 2 aliphatic carbocycles. The summed E-state index contributed by atoms with van der Waals surface area (Å²) in [5.74, 6) is -4.93. The molecule has 0 radical (unpaired) electrons. The van der Waals surface area contributed by atoms with Gasteiger partial charge >= 0.3 is 25.8 Å². The average molecular weight is 928 g/mol. The number of hydrogen-bond donors (Lipinski definition) is 11. The van der Waals surface area contributed by atoms with Gasteiger partial charge in [-0.2, -0.15) is 19.3 Å². The monoisotopic (exact) mass is 927 g/mol. The van der Waals surface area contributed by atoms with Crippen LogP contribution in [0.15, 0.2) is 41.6 Å². The highest BCUT2D eigenvalue weighted by molar-refractivity contribution is 7.47. The Balaban J connectivity index is 0.820. The third kappa shape index (κ3) is 8.74. The second-order valence-corrected chi connectivity index (χ2v) is 17.2. The summed E-state index contributed by atoms with van der Waals surface area (Å²) in [6, 6.07) is 2.69. The van der Waals surface area contributed by atoms with Gasteiger partial charge in [0.2, 0.25) is 11.9 Å². The second kappa shape index (κ2) is 16.6. The molecule has 3 aliphatic rings. The van der Waals surface area contributed by atoms with Crippen molar-refractivity contribution < 1.29 is 67.2 Å². The minimum atomic E-state index is -5.17. The number of benzene rings is 1. The van der Waals surface area contributed by atoms with Gasteiger partial charge in [-0.3, -0.25) is 33.0 Å². The Kier molecular flexibility index (Phi) is 11.5. The molecule has 344 valence electrons. The van der Waals surface area contributed by atoms with E-state index in [0.717, 1.165) is 17.8 Å². The van der Waals surface area contributed by atoms with Crippen LogP contribution in [0.4, 0.5) is 21.8 Å². The summed E-state index contributed by atoms with van der Waals surface area (Å²) in [7, 11) is -5.17. The highest BCUT2D eigenvalue weighted by atomic mass is 31.2. The number of carbonyl (C=O) groups is 4. The maximum Gasteiger partial charge on any atom is 0.472 e. The highest BCUT2D eigenvalue weighted by Gasteiger charge is 2.87. The van der Waals surface area contributed by atoms with Gasteiger partial charge in [-0.15, -0.1) is 0 Å². The van der Waals surface area contributed by atoms with Crippen molar-refractivity contribution in [3.05, 3.63) is 64.5 Å². The summed E-state index contributed by atoms with van der Waals surface area (Å²) in [5.41, 5.74) is 9.57. The maximum absolute atomic E-state index is 13.9. The summed E-state index contributed by atoms with van der Waals surface area (Å²) in [5, 5.41) is 49.0. The fourth-order valence-electron chi connectivity index (χ4n) is 7.90. The molecule has 8 atom stereocenters. The summed E-state index contributed by atoms with van der Waals surface area (Å²) >= 11 is 0. The van der Waals surface area contributed by atoms with Gasteiger partial charge in [0.05, 0.1) is 42.9 Å². The lowest BCUT2D eigenvalue weighted by molar-refractivity contribution is -0.145. The number of aliphatic hydroxyl groups excluding tert-OH is 2. The Morgan fingerprint density at radius 3 is 2.45 bits per heavy atom. The van der Waals surface area contributed by atoms with E-state index in [1.54, 1.807) is 12.1 Å². The summed E-state index contributed by atoms with van der Waals surface area (Å²) in [4.78, 5) is 99.2. The van der Waals surface area contributed by atoms with Crippen LogP contribution in [0, 0.1) is 16.9 Å². The van der Waals surface area contributed by atoms with E-state index in [4.69, 9.17) is 25.3 Å². The zero-order valence-electron chi connectivity index (χ0n) is 33.6. The van der Waals surface area contributed by atoms with Crippen molar-refractivity contribution in [2.45, 2.75) is 75.5 Å². The highest BCUT2D eigenvalue weighted by Crippen LogP contribution is 2.88. The first-order chi connectivity index (χ1) is 30.7. The van der Waals surface area contributed by atoms with E-state index in [9.17, 15) is 58.2 Å². The number of aromatic nitrogens is 8. The first-order valence-corrected chi connectivity index (χ1v) is 20.9. The Bertz CT molecular complexity index is 2840. The van der Waals surface area contributed by atoms with Crippen LogP contribution in [0.5, 0.6) is 0 Å². The van der Waals surface area contributed by atoms with Crippen LogP contribution in [0.2, 0.25) is 0 Å². The number of ether oxygens (including phenoxy) is 1. The van der Waals surface area contributed by atoms with Gasteiger partial charge in [0.25, 0.3) is 11.5 Å². The van der Waals surface area contributed by atoms with Crippen LogP contribution in [0.1, 0.15) is 48.5 Å². The summed E-state index contributed by atoms with van der Waals surface area (Å²) in [6.07, 6.45) is -6.57. The molecule has 1 saturated heterocycles. The number of amides is 2. The van der Waals surface area contributed by atoms with Gasteiger partial charge in [0.1, 0.15) is 24.4 Å². The van der Waals surface area contributed by atoms with Crippen molar-refractivity contribution in [1.29, 1.82) is 0 Å². The van der Waals surface area contributed by atoms with Gasteiger partial charge in [-0.1, -0.05) is 0 Å². The van der Waals surface area contributed by atoms with Crippen molar-refractivity contribution in [2.75, 3.05) is 23.4 Å². The fraction of sp³-hybridized carbons (Fsp3) is 0.417. The molecule has 2 saturated carbocycles. The Labute approximate surface area is 362 Å². The van der Waals surface area contributed by atoms with E-state index < -0.39 is 103 Å². The van der Waals surface area contributed by atoms with E-state index >= 15 is 0 Å². The van der Waals surface area contributed by atoms with Crippen LogP contribution >= 0.6 is 7.82 Å². The molecule has 4 aromatic heterocycles. The number of nitrogen functional groups attached to an aromatic ring is 2. The lowest BCUT2D eigenvalue weighted by Gasteiger charge is -2.25. The number of nitrogens with two attached hydrogens (primary N) is 2. The molecule has 1 aromatic carbocycles. The number of carbonyl (C=O) groups excluding carboxylic acids is 2. The van der Waals surface area contributed by atoms with Crippen molar-refractivity contribution >= 4 is 71.4 Å². The lowest BCUT2D eigenvalue weighted by atomic mass is 10.0. The molecule has 65 heavy (non-hydrogen) atoms. The van der Waals surface area contributed by atoms with Crippen molar-refractivity contribution in [3.63, 3.8) is 0 Å². The minimum Gasteiger partial charge on any atom is -0.480 e. The van der Waals surface area contributed by atoms with Crippen molar-refractivity contribution in [2.24, 2.45) is 10.8 Å². The van der Waals surface area contributed by atoms with Gasteiger partial charge in [-0.05, 0) is 55.9 Å². The number of carboxylic acid groups (broad SMARTS) is 2. The fourth-order valence-corrected chi connectivity index (χ4v) is 8.84. The standard InChI is InChI=1S/C36H39FN13O14P/c1-13(64-65(60,61)62-9-18-22(51)23(52)29(63-18)50-12-42-20-24(38)46-33(37)48-26(20)50)19(31(57)58)45-32(59)36-10-35(36,11-36)6-17(30(55)56)44-27(53)14-2-4-15(5-3-14)40-7-16-8-41-25-21(43-16)28(54)49-34(39)47-25/h2-5,8,12-13,17-19,22-23,29,40,51-52H,6-7,9-11H2,1H3,(H,44,53)(H,45,59)(H,55,56)(H,57,58)(H,60,61)(H2,38,46,48)(H3,39,41,47,49,54)/t13?,17?,18-,19?,22?,23?,29-,35?,36?/m1/s1. The molecule has 13 N–H and O–H groups in total. The Morgan fingerprint density at radius 1 is 1.03 bits per heavy atom. The Hall–Kier alpha value is -6.81. The number of fused-ring (bicyclic) bond motifs is 3. The average Bonchev–Trinajstić information content (AvgIpc) is 3.95. The van der Waals surface area contributed by atoms with Crippen LogP contribution in [0.25, 0.3) is 22.3 Å². The molecule has 2 amide bonds. The van der Waals surface area contributed by atoms with E-state index in [1.807, 2.05) is 0 Å². The first-order valence-electron chi connectivity index (χ1n) is 19.5. The predicted octanol–water partition coefficient (Wildman–Crippen LogP) is -1.47. The maximum atomic E-state index is 13.9. The molecule has 1 aliphatic heterocycles. The molecule has 0 bridgehead atoms. The number of carboxylic acids is 2. The van der Waals surface area contributed by atoms with Crippen LogP contribution in [-0.4, -0.2) is 132 Å². The van der Waals surface area contributed by atoms with Gasteiger partial charge < -0.3 is 57.5 Å². The van der Waals surface area contributed by atoms with E-state index in [2.05, 4.69) is 50.8 Å². The third-order valence-electron chi connectivity index (χ3n) is 11.5. The number of halogens is 1. The van der Waals surface area contributed by atoms with E-state index in [1.165, 1.54) is 18.3 Å². The zero-order chi connectivity index (χ0) is 46.7. The topological polar surface area (TPSA) is 417 Å². The molecule has 29 heteroatoms. The number of aliphatic hydroxyl groups is 2. The molecule has 0 spiro atoms. The van der Waals surface area contributed by atoms with Crippen LogP contribution in [0.3, 0.4) is 0 Å². The molecule has 5 aromatic rings.